The zero-order valence-electron chi connectivity index (χ0n) is 11.7. The highest BCUT2D eigenvalue weighted by Gasteiger charge is 2.17. The third-order valence-corrected chi connectivity index (χ3v) is 4.03. The Bertz CT molecular complexity index is 789. The van der Waals surface area contributed by atoms with Crippen LogP contribution in [0.1, 0.15) is 29.5 Å². The van der Waals surface area contributed by atoms with Gasteiger partial charge in [0.05, 0.1) is 29.3 Å². The first-order chi connectivity index (χ1) is 10.2. The highest BCUT2D eigenvalue weighted by Crippen LogP contribution is 2.22. The summed E-state index contributed by atoms with van der Waals surface area (Å²) in [6.45, 7) is 2.97. The molecule has 0 aliphatic carbocycles. The van der Waals surface area contributed by atoms with Crippen molar-refractivity contribution in [1.82, 2.24) is 9.55 Å². The molecule has 3 aromatic rings. The molecule has 1 aromatic carbocycles. The lowest BCUT2D eigenvalue weighted by Crippen LogP contribution is -2.10. The number of hydrogen-bond acceptors (Lipinski definition) is 3. The van der Waals surface area contributed by atoms with Gasteiger partial charge in [0, 0.05) is 6.54 Å². The number of imidazole rings is 1. The number of nitrogens with zero attached hydrogens (tertiary/aromatic N) is 2. The van der Waals surface area contributed by atoms with Crippen LogP contribution < -0.4 is 0 Å². The van der Waals surface area contributed by atoms with Gasteiger partial charge in [-0.05, 0) is 40.5 Å². The van der Waals surface area contributed by atoms with Gasteiger partial charge in [0.2, 0.25) is 0 Å². The molecule has 0 bridgehead atoms. The van der Waals surface area contributed by atoms with Crippen LogP contribution in [0, 0.1) is 0 Å². The zero-order chi connectivity index (χ0) is 14.8. The van der Waals surface area contributed by atoms with E-state index in [1.54, 1.807) is 6.07 Å². The normalized spacial score (nSPS) is 11.1. The molecule has 0 radical (unpaired) electrons. The van der Waals surface area contributed by atoms with Crippen molar-refractivity contribution in [2.75, 3.05) is 0 Å². The van der Waals surface area contributed by atoms with Crippen LogP contribution in [0.15, 0.2) is 45.7 Å². The molecule has 3 rings (SSSR count). The summed E-state index contributed by atoms with van der Waals surface area (Å²) in [5.41, 5.74) is 2.57. The van der Waals surface area contributed by atoms with Gasteiger partial charge >= 0.3 is 0 Å². The maximum atomic E-state index is 12.4. The van der Waals surface area contributed by atoms with Crippen LogP contribution in [0.5, 0.6) is 0 Å². The Morgan fingerprint density at radius 1 is 1.33 bits per heavy atom. The van der Waals surface area contributed by atoms with Crippen molar-refractivity contribution in [3.63, 3.8) is 0 Å². The van der Waals surface area contributed by atoms with Crippen molar-refractivity contribution in [2.24, 2.45) is 0 Å². The average Bonchev–Trinajstić information content (AvgIpc) is 3.04. The van der Waals surface area contributed by atoms with E-state index in [4.69, 9.17) is 4.42 Å². The maximum absolute atomic E-state index is 12.4. The van der Waals surface area contributed by atoms with Gasteiger partial charge in [-0.15, -0.1) is 0 Å². The number of benzene rings is 1. The number of halogens is 1. The molecular formula is C16H15BrN2O2. The number of hydrogen-bond donors (Lipinski definition) is 0. The molecule has 2 aromatic heterocycles. The van der Waals surface area contributed by atoms with Gasteiger partial charge in [0.15, 0.2) is 10.5 Å². The molecule has 0 atom stereocenters. The van der Waals surface area contributed by atoms with E-state index in [1.165, 1.54) is 6.26 Å². The quantitative estimate of drug-likeness (QED) is 0.649. The van der Waals surface area contributed by atoms with Crippen LogP contribution in [-0.4, -0.2) is 15.3 Å². The van der Waals surface area contributed by atoms with E-state index in [0.717, 1.165) is 29.8 Å². The number of para-hydroxylation sites is 2. The molecule has 0 aliphatic rings. The number of carbonyl (C=O) groups excluding carboxylic acids is 1. The largest absolute Gasteiger partial charge is 0.457 e. The molecular weight excluding hydrogens is 332 g/mol. The predicted molar refractivity (Wildman–Crippen MR) is 84.5 cm³/mol. The molecule has 108 valence electrons. The monoisotopic (exact) mass is 346 g/mol. The average molecular weight is 347 g/mol. The van der Waals surface area contributed by atoms with Crippen LogP contribution in [0.4, 0.5) is 0 Å². The Labute approximate surface area is 130 Å². The number of rotatable bonds is 5. The highest BCUT2D eigenvalue weighted by molar-refractivity contribution is 9.10. The van der Waals surface area contributed by atoms with Crippen LogP contribution in [0.3, 0.4) is 0 Å². The van der Waals surface area contributed by atoms with Gasteiger partial charge in [0.25, 0.3) is 0 Å². The standard InChI is InChI=1S/C16H15BrN2O2/c1-2-8-19-13-6-4-3-5-12(13)18-15(19)10-14(20)11-7-9-21-16(11)17/h3-7,9H,2,8,10H2,1H3. The van der Waals surface area contributed by atoms with E-state index in [0.29, 0.717) is 10.2 Å². The number of aryl methyl sites for hydroxylation is 1. The molecule has 0 fully saturated rings. The molecule has 0 aliphatic heterocycles. The second-order valence-electron chi connectivity index (χ2n) is 4.88. The van der Waals surface area contributed by atoms with Crippen LogP contribution in [0.2, 0.25) is 0 Å². The lowest BCUT2D eigenvalue weighted by atomic mass is 10.1. The minimum atomic E-state index is 0.00304. The van der Waals surface area contributed by atoms with E-state index in [9.17, 15) is 4.79 Å². The summed E-state index contributed by atoms with van der Waals surface area (Å²) >= 11 is 3.25. The summed E-state index contributed by atoms with van der Waals surface area (Å²) in [6.07, 6.45) is 2.77. The first kappa shape index (κ1) is 14.1. The van der Waals surface area contributed by atoms with E-state index in [1.807, 2.05) is 24.3 Å². The lowest BCUT2D eigenvalue weighted by molar-refractivity contribution is 0.0988. The van der Waals surface area contributed by atoms with Crippen molar-refractivity contribution in [1.29, 1.82) is 0 Å². The third kappa shape index (κ3) is 2.65. The smallest absolute Gasteiger partial charge is 0.179 e. The van der Waals surface area contributed by atoms with E-state index in [-0.39, 0.29) is 12.2 Å². The Morgan fingerprint density at radius 3 is 2.86 bits per heavy atom. The van der Waals surface area contributed by atoms with Gasteiger partial charge in [-0.25, -0.2) is 4.98 Å². The maximum Gasteiger partial charge on any atom is 0.179 e. The number of ketones is 1. The SMILES string of the molecule is CCCn1c(CC(=O)c2ccoc2Br)nc2ccccc21. The van der Waals surface area contributed by atoms with E-state index < -0.39 is 0 Å². The van der Waals surface area contributed by atoms with Crippen molar-refractivity contribution in [2.45, 2.75) is 26.3 Å². The molecule has 21 heavy (non-hydrogen) atoms. The summed E-state index contributed by atoms with van der Waals surface area (Å²) in [7, 11) is 0. The minimum Gasteiger partial charge on any atom is -0.457 e. The van der Waals surface area contributed by atoms with Crippen molar-refractivity contribution in [3.8, 4) is 0 Å². The van der Waals surface area contributed by atoms with Crippen LogP contribution >= 0.6 is 15.9 Å². The Kier molecular flexibility index (Phi) is 3.92. The van der Waals surface area contributed by atoms with Crippen molar-refractivity contribution in [3.05, 3.63) is 52.7 Å². The van der Waals surface area contributed by atoms with E-state index in [2.05, 4.69) is 32.4 Å². The number of furan rings is 1. The fraction of sp³-hybridized carbons (Fsp3) is 0.250. The molecule has 2 heterocycles. The highest BCUT2D eigenvalue weighted by atomic mass is 79.9. The van der Waals surface area contributed by atoms with Gasteiger partial charge in [0.1, 0.15) is 5.82 Å². The summed E-state index contributed by atoms with van der Waals surface area (Å²) < 4.78 is 7.73. The third-order valence-electron chi connectivity index (χ3n) is 3.42. The fourth-order valence-electron chi connectivity index (χ4n) is 2.47. The summed E-state index contributed by atoms with van der Waals surface area (Å²) in [5, 5.41) is 0. The van der Waals surface area contributed by atoms with Gasteiger partial charge in [-0.2, -0.15) is 0 Å². The van der Waals surface area contributed by atoms with Crippen molar-refractivity contribution >= 4 is 32.7 Å². The molecule has 0 spiro atoms. The second-order valence-corrected chi connectivity index (χ2v) is 5.60. The Balaban J connectivity index is 1.98. The Morgan fingerprint density at radius 2 is 2.14 bits per heavy atom. The fourth-order valence-corrected chi connectivity index (χ4v) is 2.93. The molecule has 5 heteroatoms. The number of Topliss-reactive ketones (excluding diaryl/α,β-unsaturated/α-hetero) is 1. The zero-order valence-corrected chi connectivity index (χ0v) is 13.3. The molecule has 0 unspecified atom stereocenters. The second kappa shape index (κ2) is 5.85. The topological polar surface area (TPSA) is 48.0 Å². The van der Waals surface area contributed by atoms with Gasteiger partial charge < -0.3 is 8.98 Å². The van der Waals surface area contributed by atoms with Crippen LogP contribution in [0.25, 0.3) is 11.0 Å². The summed E-state index contributed by atoms with van der Waals surface area (Å²) in [6, 6.07) is 9.65. The van der Waals surface area contributed by atoms with Crippen molar-refractivity contribution < 1.29 is 9.21 Å². The molecule has 0 saturated heterocycles. The molecule has 0 saturated carbocycles. The van der Waals surface area contributed by atoms with E-state index >= 15 is 0 Å². The number of carbonyl (C=O) groups is 1. The Hall–Kier alpha value is -1.88. The molecule has 0 N–H and O–H groups in total. The summed E-state index contributed by atoms with van der Waals surface area (Å²) in [4.78, 5) is 17.0. The first-order valence-corrected chi connectivity index (χ1v) is 7.70. The van der Waals surface area contributed by atoms with Gasteiger partial charge in [-0.3, -0.25) is 4.79 Å². The lowest BCUT2D eigenvalue weighted by Gasteiger charge is -2.06. The number of fused-ring (bicyclic) bond motifs is 1. The molecule has 0 amide bonds. The molecule has 4 nitrogen and oxygen atoms in total. The van der Waals surface area contributed by atoms with Crippen LogP contribution in [-0.2, 0) is 13.0 Å². The number of aromatic nitrogens is 2. The summed E-state index contributed by atoms with van der Waals surface area (Å²) in [5.74, 6) is 0.805. The van der Waals surface area contributed by atoms with Gasteiger partial charge in [-0.1, -0.05) is 19.1 Å². The first-order valence-electron chi connectivity index (χ1n) is 6.91. The minimum absolute atomic E-state index is 0.00304. The predicted octanol–water partition coefficient (Wildman–Crippen LogP) is 4.23.